The molecule has 110 valence electrons. The Bertz CT molecular complexity index is 483. The first-order valence-electron chi connectivity index (χ1n) is 6.35. The van der Waals surface area contributed by atoms with Crippen molar-refractivity contribution in [1.29, 1.82) is 0 Å². The van der Waals surface area contributed by atoms with Gasteiger partial charge in [0.25, 0.3) is 10.0 Å². The molecule has 19 heavy (non-hydrogen) atoms. The van der Waals surface area contributed by atoms with Gasteiger partial charge in [0.1, 0.15) is 0 Å². The van der Waals surface area contributed by atoms with E-state index in [1.54, 1.807) is 0 Å². The molecule has 0 aromatic carbocycles. The zero-order valence-electron chi connectivity index (χ0n) is 11.0. The van der Waals surface area contributed by atoms with Crippen molar-refractivity contribution in [2.45, 2.75) is 31.3 Å². The predicted molar refractivity (Wildman–Crippen MR) is 75.9 cm³/mol. The molecule has 2 heterocycles. The molecule has 0 amide bonds. The van der Waals surface area contributed by atoms with Gasteiger partial charge in [-0.1, -0.05) is 0 Å². The Morgan fingerprint density at radius 2 is 2.37 bits per heavy atom. The number of rotatable bonds is 6. The fourth-order valence-corrected chi connectivity index (χ4v) is 3.45. The van der Waals surface area contributed by atoms with Crippen LogP contribution in [0, 0.1) is 5.92 Å². The molecule has 1 saturated heterocycles. The largest absolute Gasteiger partial charge is 0.316 e. The molecule has 0 radical (unpaired) electrons. The van der Waals surface area contributed by atoms with Gasteiger partial charge in [0.2, 0.25) is 0 Å². The zero-order chi connectivity index (χ0) is 13.0. The number of halogens is 1. The minimum atomic E-state index is -3.42. The van der Waals surface area contributed by atoms with Crippen LogP contribution in [0.4, 0.5) is 0 Å². The Labute approximate surface area is 120 Å². The lowest BCUT2D eigenvalue weighted by atomic mass is 10.1. The summed E-state index contributed by atoms with van der Waals surface area (Å²) in [6, 6.07) is 1.53. The second kappa shape index (κ2) is 7.23. The van der Waals surface area contributed by atoms with Gasteiger partial charge >= 0.3 is 0 Å². The van der Waals surface area contributed by atoms with Gasteiger partial charge in [-0.15, -0.1) is 12.4 Å². The summed E-state index contributed by atoms with van der Waals surface area (Å²) in [7, 11) is -3.42. The van der Waals surface area contributed by atoms with E-state index in [1.165, 1.54) is 16.9 Å². The molecule has 1 aliphatic rings. The van der Waals surface area contributed by atoms with Crippen LogP contribution in [0.15, 0.2) is 17.3 Å². The molecule has 1 aromatic heterocycles. The normalized spacial score (nSPS) is 19.3. The third kappa shape index (κ3) is 4.17. The van der Waals surface area contributed by atoms with Gasteiger partial charge in [0, 0.05) is 13.1 Å². The summed E-state index contributed by atoms with van der Waals surface area (Å²) in [6.45, 7) is 4.95. The zero-order valence-corrected chi connectivity index (χ0v) is 12.6. The lowest BCUT2D eigenvalue weighted by molar-refractivity contribution is 0.511. The Morgan fingerprint density at radius 1 is 1.58 bits per heavy atom. The average molecular weight is 309 g/mol. The van der Waals surface area contributed by atoms with Crippen LogP contribution in [0.25, 0.3) is 0 Å². The minimum Gasteiger partial charge on any atom is -0.316 e. The molecule has 0 aliphatic carbocycles. The van der Waals surface area contributed by atoms with Gasteiger partial charge in [-0.2, -0.15) is 5.10 Å². The van der Waals surface area contributed by atoms with Gasteiger partial charge in [-0.3, -0.25) is 4.68 Å². The summed E-state index contributed by atoms with van der Waals surface area (Å²) in [4.78, 5) is 0. The van der Waals surface area contributed by atoms with Crippen LogP contribution in [0.2, 0.25) is 0 Å². The summed E-state index contributed by atoms with van der Waals surface area (Å²) in [5, 5.41) is 7.49. The predicted octanol–water partition coefficient (Wildman–Crippen LogP) is 0.603. The van der Waals surface area contributed by atoms with Crippen molar-refractivity contribution in [1.82, 2.24) is 19.8 Å². The van der Waals surface area contributed by atoms with Crippen molar-refractivity contribution in [3.05, 3.63) is 12.3 Å². The summed E-state index contributed by atoms with van der Waals surface area (Å²) in [6.07, 6.45) is 3.53. The van der Waals surface area contributed by atoms with Crippen LogP contribution in [0.1, 0.15) is 19.8 Å². The Morgan fingerprint density at radius 3 is 3.00 bits per heavy atom. The van der Waals surface area contributed by atoms with Crippen molar-refractivity contribution in [3.8, 4) is 0 Å². The highest BCUT2D eigenvalue weighted by Gasteiger charge is 2.20. The highest BCUT2D eigenvalue weighted by atomic mass is 35.5. The van der Waals surface area contributed by atoms with Gasteiger partial charge < -0.3 is 5.32 Å². The van der Waals surface area contributed by atoms with Crippen LogP contribution >= 0.6 is 12.4 Å². The van der Waals surface area contributed by atoms with Crippen LogP contribution in [-0.2, 0) is 16.6 Å². The monoisotopic (exact) mass is 308 g/mol. The number of aryl methyl sites for hydroxylation is 1. The Balaban J connectivity index is 0.00000180. The maximum atomic E-state index is 12.1. The highest BCUT2D eigenvalue weighted by Crippen LogP contribution is 2.12. The third-order valence-corrected chi connectivity index (χ3v) is 4.74. The van der Waals surface area contributed by atoms with E-state index in [0.717, 1.165) is 25.9 Å². The van der Waals surface area contributed by atoms with E-state index in [9.17, 15) is 8.42 Å². The van der Waals surface area contributed by atoms with Gasteiger partial charge in [0.15, 0.2) is 5.03 Å². The minimum absolute atomic E-state index is 0. The van der Waals surface area contributed by atoms with Crippen molar-refractivity contribution >= 4 is 22.4 Å². The van der Waals surface area contributed by atoms with Crippen molar-refractivity contribution < 1.29 is 8.42 Å². The van der Waals surface area contributed by atoms with E-state index in [0.29, 0.717) is 19.0 Å². The van der Waals surface area contributed by atoms with E-state index in [2.05, 4.69) is 15.1 Å². The van der Waals surface area contributed by atoms with Gasteiger partial charge in [-0.25, -0.2) is 13.1 Å². The number of hydrogen-bond donors (Lipinski definition) is 2. The number of hydrogen-bond acceptors (Lipinski definition) is 4. The molecule has 0 spiro atoms. The summed E-state index contributed by atoms with van der Waals surface area (Å²) < 4.78 is 28.3. The first-order chi connectivity index (χ1) is 8.63. The lowest BCUT2D eigenvalue weighted by Gasteiger charge is -2.10. The molecule has 0 bridgehead atoms. The second-order valence-electron chi connectivity index (χ2n) is 4.53. The third-order valence-electron chi connectivity index (χ3n) is 3.26. The first kappa shape index (κ1) is 16.4. The molecule has 1 unspecified atom stereocenters. The first-order valence-corrected chi connectivity index (χ1v) is 7.84. The molecule has 1 aliphatic heterocycles. The molecule has 2 rings (SSSR count). The van der Waals surface area contributed by atoms with Crippen molar-refractivity contribution in [2.24, 2.45) is 5.92 Å². The topological polar surface area (TPSA) is 76.0 Å². The molecule has 0 saturated carbocycles. The molecule has 6 nitrogen and oxygen atoms in total. The van der Waals surface area contributed by atoms with Crippen molar-refractivity contribution in [3.63, 3.8) is 0 Å². The van der Waals surface area contributed by atoms with Crippen LogP contribution in [-0.4, -0.2) is 37.8 Å². The maximum absolute atomic E-state index is 12.1. The number of aromatic nitrogens is 2. The van der Waals surface area contributed by atoms with E-state index in [4.69, 9.17) is 0 Å². The number of nitrogens with one attached hydrogen (secondary N) is 2. The van der Waals surface area contributed by atoms with E-state index >= 15 is 0 Å². The van der Waals surface area contributed by atoms with E-state index < -0.39 is 10.0 Å². The van der Waals surface area contributed by atoms with Crippen LogP contribution in [0.5, 0.6) is 0 Å². The molecule has 1 fully saturated rings. The highest BCUT2D eigenvalue weighted by molar-refractivity contribution is 7.89. The van der Waals surface area contributed by atoms with E-state index in [-0.39, 0.29) is 17.4 Å². The summed E-state index contributed by atoms with van der Waals surface area (Å²) in [5.74, 6) is 0.587. The fourth-order valence-electron chi connectivity index (χ4n) is 2.22. The summed E-state index contributed by atoms with van der Waals surface area (Å²) in [5.41, 5.74) is 0. The molecule has 1 atom stereocenters. The van der Waals surface area contributed by atoms with Crippen molar-refractivity contribution in [2.75, 3.05) is 19.6 Å². The lowest BCUT2D eigenvalue weighted by Crippen LogP contribution is -2.28. The van der Waals surface area contributed by atoms with Crippen LogP contribution < -0.4 is 10.0 Å². The molecule has 1 aromatic rings. The van der Waals surface area contributed by atoms with Crippen LogP contribution in [0.3, 0.4) is 0 Å². The summed E-state index contributed by atoms with van der Waals surface area (Å²) >= 11 is 0. The molecule has 2 N–H and O–H groups in total. The molecule has 8 heteroatoms. The average Bonchev–Trinajstić information content (AvgIpc) is 2.99. The Hall–Kier alpha value is -0.630. The smallest absolute Gasteiger partial charge is 0.257 e. The quantitative estimate of drug-likeness (QED) is 0.807. The SMILES string of the molecule is CCn1nccc1S(=O)(=O)NCCC1CCNC1.Cl. The second-order valence-corrected chi connectivity index (χ2v) is 6.24. The molecular weight excluding hydrogens is 288 g/mol. The number of nitrogens with zero attached hydrogens (tertiary/aromatic N) is 2. The molecular formula is C11H21ClN4O2S. The fraction of sp³-hybridized carbons (Fsp3) is 0.727. The number of sulfonamides is 1. The van der Waals surface area contributed by atoms with Gasteiger partial charge in [0.05, 0.1) is 6.20 Å². The van der Waals surface area contributed by atoms with E-state index in [1.807, 2.05) is 6.92 Å². The maximum Gasteiger partial charge on any atom is 0.257 e. The Kier molecular flexibility index (Phi) is 6.25. The standard InChI is InChI=1S/C11H20N4O2S.ClH/c1-2-15-11(5-7-13-15)18(16,17)14-8-4-10-3-6-12-9-10;/h5,7,10,12,14H,2-4,6,8-9H2,1H3;1H. The van der Waals surface area contributed by atoms with Gasteiger partial charge in [-0.05, 0) is 44.8 Å².